The number of β-amino-alcohol motifs (C(OH)–C–C–N with tert-alkyl or cyclic N) is 1. The molecule has 0 bridgehead atoms. The zero-order valence-electron chi connectivity index (χ0n) is 14.9. The molecule has 4 nitrogen and oxygen atoms in total. The van der Waals surface area contributed by atoms with E-state index in [1.165, 1.54) is 0 Å². The molecule has 0 saturated carbocycles. The third-order valence-electron chi connectivity index (χ3n) is 4.61. The summed E-state index contributed by atoms with van der Waals surface area (Å²) in [6.07, 6.45) is -0.648. The fourth-order valence-electron chi connectivity index (χ4n) is 3.25. The first kappa shape index (κ1) is 18.6. The number of halogens is 2. The van der Waals surface area contributed by atoms with Crippen LogP contribution >= 0.6 is 0 Å². The molecule has 0 aromatic heterocycles. The number of rotatable bonds is 5. The molecule has 3 rings (SSSR count). The summed E-state index contributed by atoms with van der Waals surface area (Å²) in [6.45, 7) is 3.83. The monoisotopic (exact) mass is 363 g/mol. The predicted molar refractivity (Wildman–Crippen MR) is 94.4 cm³/mol. The Morgan fingerprint density at radius 3 is 2.54 bits per heavy atom. The van der Waals surface area contributed by atoms with Gasteiger partial charge in [-0.1, -0.05) is 12.1 Å². The van der Waals surface area contributed by atoms with Gasteiger partial charge in [0.05, 0.1) is 7.11 Å². The van der Waals surface area contributed by atoms with Crippen LogP contribution in [-0.2, 0) is 6.54 Å². The molecule has 0 spiro atoms. The van der Waals surface area contributed by atoms with Crippen molar-refractivity contribution in [1.29, 1.82) is 0 Å². The summed E-state index contributed by atoms with van der Waals surface area (Å²) in [5.41, 5.74) is 2.18. The number of benzene rings is 2. The Labute approximate surface area is 152 Å². The molecule has 0 amide bonds. The number of aryl methyl sites for hydroxylation is 1. The van der Waals surface area contributed by atoms with Crippen molar-refractivity contribution in [2.75, 3.05) is 20.2 Å². The van der Waals surface area contributed by atoms with Gasteiger partial charge in [0.1, 0.15) is 35.3 Å². The SMILES string of the molecule is COc1cc(CN2CC[C@@H](Oc3cc(F)cc(F)c3)[C@H](O)C2)ccc1C. The Balaban J connectivity index is 1.59. The van der Waals surface area contributed by atoms with E-state index in [0.29, 0.717) is 19.5 Å². The number of nitrogens with zero attached hydrogens (tertiary/aromatic N) is 1. The molecule has 1 aliphatic rings. The van der Waals surface area contributed by atoms with E-state index in [-0.39, 0.29) is 5.75 Å². The highest BCUT2D eigenvalue weighted by Gasteiger charge is 2.29. The molecule has 6 heteroatoms. The Bertz CT molecular complexity index is 748. The molecule has 2 aromatic rings. The van der Waals surface area contributed by atoms with Crippen LogP contribution in [0.3, 0.4) is 0 Å². The first-order chi connectivity index (χ1) is 12.4. The molecular weight excluding hydrogens is 340 g/mol. The minimum absolute atomic E-state index is 0.100. The van der Waals surface area contributed by atoms with Gasteiger partial charge in [-0.3, -0.25) is 4.90 Å². The second kappa shape index (κ2) is 8.01. The van der Waals surface area contributed by atoms with Gasteiger partial charge < -0.3 is 14.6 Å². The predicted octanol–water partition coefficient (Wildman–Crippen LogP) is 3.30. The van der Waals surface area contributed by atoms with E-state index in [9.17, 15) is 13.9 Å². The summed E-state index contributed by atoms with van der Waals surface area (Å²) in [7, 11) is 1.65. The van der Waals surface area contributed by atoms with Crippen LogP contribution in [0.5, 0.6) is 11.5 Å². The topological polar surface area (TPSA) is 41.9 Å². The smallest absolute Gasteiger partial charge is 0.129 e. The second-order valence-corrected chi connectivity index (χ2v) is 6.66. The van der Waals surface area contributed by atoms with Crippen LogP contribution in [0.2, 0.25) is 0 Å². The van der Waals surface area contributed by atoms with Gasteiger partial charge in [0.15, 0.2) is 0 Å². The number of piperidine rings is 1. The van der Waals surface area contributed by atoms with Gasteiger partial charge in [0, 0.05) is 37.8 Å². The zero-order valence-corrected chi connectivity index (χ0v) is 14.9. The van der Waals surface area contributed by atoms with E-state index in [1.54, 1.807) is 7.11 Å². The van der Waals surface area contributed by atoms with E-state index in [0.717, 1.165) is 41.6 Å². The van der Waals surface area contributed by atoms with Crippen molar-refractivity contribution >= 4 is 0 Å². The molecule has 1 N–H and O–H groups in total. The van der Waals surface area contributed by atoms with Crippen molar-refractivity contribution in [3.8, 4) is 11.5 Å². The Morgan fingerprint density at radius 1 is 1.15 bits per heavy atom. The Morgan fingerprint density at radius 2 is 1.88 bits per heavy atom. The quantitative estimate of drug-likeness (QED) is 0.885. The zero-order chi connectivity index (χ0) is 18.7. The molecule has 1 aliphatic heterocycles. The third kappa shape index (κ3) is 4.51. The van der Waals surface area contributed by atoms with Crippen LogP contribution in [0.1, 0.15) is 17.5 Å². The summed E-state index contributed by atoms with van der Waals surface area (Å²) in [5.74, 6) is -0.446. The molecule has 26 heavy (non-hydrogen) atoms. The first-order valence-electron chi connectivity index (χ1n) is 8.61. The molecule has 140 valence electrons. The van der Waals surface area contributed by atoms with Crippen molar-refractivity contribution in [2.24, 2.45) is 0 Å². The van der Waals surface area contributed by atoms with E-state index in [2.05, 4.69) is 4.90 Å². The number of methoxy groups -OCH3 is 1. The van der Waals surface area contributed by atoms with Crippen molar-refractivity contribution in [3.05, 3.63) is 59.2 Å². The van der Waals surface area contributed by atoms with Crippen LogP contribution in [0.4, 0.5) is 8.78 Å². The fraction of sp³-hybridized carbons (Fsp3) is 0.400. The van der Waals surface area contributed by atoms with E-state index in [1.807, 2.05) is 25.1 Å². The average Bonchev–Trinajstić information content (AvgIpc) is 2.58. The second-order valence-electron chi connectivity index (χ2n) is 6.66. The number of hydrogen-bond acceptors (Lipinski definition) is 4. The molecule has 0 unspecified atom stereocenters. The molecule has 1 saturated heterocycles. The summed E-state index contributed by atoms with van der Waals surface area (Å²) >= 11 is 0. The minimum Gasteiger partial charge on any atom is -0.496 e. The van der Waals surface area contributed by atoms with Gasteiger partial charge in [0.2, 0.25) is 0 Å². The molecule has 0 aliphatic carbocycles. The average molecular weight is 363 g/mol. The number of ether oxygens (including phenoxy) is 2. The Hall–Kier alpha value is -2.18. The van der Waals surface area contributed by atoms with Crippen LogP contribution in [0.15, 0.2) is 36.4 Å². The maximum Gasteiger partial charge on any atom is 0.129 e. The first-order valence-corrected chi connectivity index (χ1v) is 8.61. The van der Waals surface area contributed by atoms with Crippen molar-refractivity contribution in [1.82, 2.24) is 4.90 Å². The van der Waals surface area contributed by atoms with Gasteiger partial charge in [-0.15, -0.1) is 0 Å². The lowest BCUT2D eigenvalue weighted by atomic mass is 10.0. The van der Waals surface area contributed by atoms with E-state index >= 15 is 0 Å². The number of hydrogen-bond donors (Lipinski definition) is 1. The number of aliphatic hydroxyl groups excluding tert-OH is 1. The molecular formula is C20H23F2NO3. The summed E-state index contributed by atoms with van der Waals surface area (Å²) in [5, 5.41) is 10.4. The van der Waals surface area contributed by atoms with Crippen molar-refractivity contribution in [3.63, 3.8) is 0 Å². The van der Waals surface area contributed by atoms with Gasteiger partial charge in [0.25, 0.3) is 0 Å². The lowest BCUT2D eigenvalue weighted by Crippen LogP contribution is -2.48. The van der Waals surface area contributed by atoms with Gasteiger partial charge in [-0.2, -0.15) is 0 Å². The lowest BCUT2D eigenvalue weighted by molar-refractivity contribution is -0.0277. The fourth-order valence-corrected chi connectivity index (χ4v) is 3.25. The molecule has 1 fully saturated rings. The largest absolute Gasteiger partial charge is 0.496 e. The van der Waals surface area contributed by atoms with Crippen LogP contribution in [0, 0.1) is 18.6 Å². The maximum atomic E-state index is 13.3. The van der Waals surface area contributed by atoms with Gasteiger partial charge in [-0.05, 0) is 30.5 Å². The van der Waals surface area contributed by atoms with E-state index in [4.69, 9.17) is 9.47 Å². The van der Waals surface area contributed by atoms with Crippen LogP contribution < -0.4 is 9.47 Å². The third-order valence-corrected chi connectivity index (χ3v) is 4.61. The highest BCUT2D eigenvalue weighted by Crippen LogP contribution is 2.24. The van der Waals surface area contributed by atoms with Gasteiger partial charge >= 0.3 is 0 Å². The molecule has 2 aromatic carbocycles. The number of likely N-dealkylation sites (tertiary alicyclic amines) is 1. The lowest BCUT2D eigenvalue weighted by Gasteiger charge is -2.36. The molecule has 0 radical (unpaired) electrons. The summed E-state index contributed by atoms with van der Waals surface area (Å²) in [4.78, 5) is 2.13. The summed E-state index contributed by atoms with van der Waals surface area (Å²) in [6, 6.07) is 9.10. The Kier molecular flexibility index (Phi) is 5.74. The standard InChI is InChI=1S/C20H23F2NO3/c1-13-3-4-14(7-20(13)25-2)11-23-6-5-19(18(24)12-23)26-17-9-15(21)8-16(22)10-17/h3-4,7-10,18-19,24H,5-6,11-12H2,1-2H3/t18-,19-/m1/s1. The van der Waals surface area contributed by atoms with Crippen molar-refractivity contribution in [2.45, 2.75) is 32.1 Å². The van der Waals surface area contributed by atoms with Crippen LogP contribution in [-0.4, -0.2) is 42.4 Å². The highest BCUT2D eigenvalue weighted by atomic mass is 19.1. The van der Waals surface area contributed by atoms with Crippen molar-refractivity contribution < 1.29 is 23.4 Å². The van der Waals surface area contributed by atoms with Gasteiger partial charge in [-0.25, -0.2) is 8.78 Å². The molecule has 2 atom stereocenters. The normalized spacial score (nSPS) is 20.8. The summed E-state index contributed by atoms with van der Waals surface area (Å²) < 4.78 is 37.5. The minimum atomic E-state index is -0.734. The number of aliphatic hydroxyl groups is 1. The maximum absolute atomic E-state index is 13.3. The molecule has 1 heterocycles. The van der Waals surface area contributed by atoms with E-state index < -0.39 is 23.8 Å². The van der Waals surface area contributed by atoms with Crippen LogP contribution in [0.25, 0.3) is 0 Å². The highest BCUT2D eigenvalue weighted by molar-refractivity contribution is 5.36.